The van der Waals surface area contributed by atoms with Crippen molar-refractivity contribution in [3.63, 3.8) is 0 Å². The third-order valence-corrected chi connectivity index (χ3v) is 2.63. The Morgan fingerprint density at radius 1 is 1.57 bits per heavy atom. The number of carbonyl (C=O) groups excluding carboxylic acids is 1. The first-order valence-corrected chi connectivity index (χ1v) is 4.71. The van der Waals surface area contributed by atoms with E-state index in [2.05, 4.69) is 15.0 Å². The summed E-state index contributed by atoms with van der Waals surface area (Å²) in [7, 11) is 0. The van der Waals surface area contributed by atoms with Gasteiger partial charge >= 0.3 is 0 Å². The molecule has 1 saturated carbocycles. The van der Waals surface area contributed by atoms with Gasteiger partial charge in [0.25, 0.3) is 0 Å². The molecule has 1 fully saturated rings. The quantitative estimate of drug-likeness (QED) is 0.734. The summed E-state index contributed by atoms with van der Waals surface area (Å²) < 4.78 is 4.61. The Morgan fingerprint density at radius 3 is 2.86 bits per heavy atom. The van der Waals surface area contributed by atoms with Crippen LogP contribution in [0.2, 0.25) is 0 Å². The lowest BCUT2D eigenvalue weighted by Crippen LogP contribution is -2.48. The number of hydrogen-bond donors (Lipinski definition) is 2. The summed E-state index contributed by atoms with van der Waals surface area (Å²) in [5.74, 6) is 0.260. The van der Waals surface area contributed by atoms with Crippen molar-refractivity contribution in [1.82, 2.24) is 5.16 Å². The molecule has 0 aromatic carbocycles. The lowest BCUT2D eigenvalue weighted by molar-refractivity contribution is -0.121. The number of carbonyl (C=O) groups is 1. The SMILES string of the molecule is NC1(C(=O)Nc2ccon2)CCCC1. The zero-order valence-electron chi connectivity index (χ0n) is 7.82. The van der Waals surface area contributed by atoms with Crippen molar-refractivity contribution >= 4 is 11.7 Å². The van der Waals surface area contributed by atoms with E-state index in [-0.39, 0.29) is 5.91 Å². The van der Waals surface area contributed by atoms with E-state index in [1.807, 2.05) is 0 Å². The maximum atomic E-state index is 11.7. The molecule has 2 rings (SSSR count). The molecule has 0 bridgehead atoms. The van der Waals surface area contributed by atoms with Gasteiger partial charge in [0, 0.05) is 6.07 Å². The van der Waals surface area contributed by atoms with Crippen LogP contribution in [0.4, 0.5) is 5.82 Å². The van der Waals surface area contributed by atoms with Crippen molar-refractivity contribution < 1.29 is 9.32 Å². The number of aromatic nitrogens is 1. The first kappa shape index (κ1) is 9.21. The zero-order valence-corrected chi connectivity index (χ0v) is 7.82. The molecule has 0 saturated heterocycles. The molecule has 5 nitrogen and oxygen atoms in total. The molecule has 76 valence electrons. The van der Waals surface area contributed by atoms with E-state index in [9.17, 15) is 4.79 Å². The number of nitrogens with two attached hydrogens (primary N) is 1. The van der Waals surface area contributed by atoms with Crippen molar-refractivity contribution in [2.75, 3.05) is 5.32 Å². The van der Waals surface area contributed by atoms with Crippen molar-refractivity contribution in [3.8, 4) is 0 Å². The summed E-state index contributed by atoms with van der Waals surface area (Å²) >= 11 is 0. The maximum Gasteiger partial charge on any atom is 0.245 e. The van der Waals surface area contributed by atoms with E-state index in [1.54, 1.807) is 6.07 Å². The third-order valence-electron chi connectivity index (χ3n) is 2.63. The first-order valence-electron chi connectivity index (χ1n) is 4.71. The molecule has 1 aromatic heterocycles. The fraction of sp³-hybridized carbons (Fsp3) is 0.556. The lowest BCUT2D eigenvalue weighted by Gasteiger charge is -2.20. The van der Waals surface area contributed by atoms with Crippen LogP contribution in [0.15, 0.2) is 16.9 Å². The summed E-state index contributed by atoms with van der Waals surface area (Å²) in [4.78, 5) is 11.7. The molecule has 1 aliphatic rings. The summed E-state index contributed by atoms with van der Waals surface area (Å²) in [6.07, 6.45) is 4.94. The predicted molar refractivity (Wildman–Crippen MR) is 50.5 cm³/mol. The first-order chi connectivity index (χ1) is 6.71. The highest BCUT2D eigenvalue weighted by Crippen LogP contribution is 2.28. The van der Waals surface area contributed by atoms with Crippen molar-refractivity contribution in [2.45, 2.75) is 31.2 Å². The Balaban J connectivity index is 2.02. The smallest absolute Gasteiger partial charge is 0.245 e. The third kappa shape index (κ3) is 1.63. The summed E-state index contributed by atoms with van der Waals surface area (Å²) in [5.41, 5.74) is 5.24. The van der Waals surface area contributed by atoms with Gasteiger partial charge < -0.3 is 15.6 Å². The van der Waals surface area contributed by atoms with Crippen LogP contribution in [0.25, 0.3) is 0 Å². The molecule has 3 N–H and O–H groups in total. The number of nitrogens with zero attached hydrogens (tertiary/aromatic N) is 1. The predicted octanol–water partition coefficient (Wildman–Crippen LogP) is 0.885. The second-order valence-electron chi connectivity index (χ2n) is 3.70. The Bertz CT molecular complexity index is 315. The van der Waals surface area contributed by atoms with Gasteiger partial charge in [-0.1, -0.05) is 18.0 Å². The van der Waals surface area contributed by atoms with Crippen LogP contribution in [-0.2, 0) is 4.79 Å². The molecule has 0 radical (unpaired) electrons. The second-order valence-corrected chi connectivity index (χ2v) is 3.70. The molecule has 1 heterocycles. The number of nitrogens with one attached hydrogen (secondary N) is 1. The van der Waals surface area contributed by atoms with E-state index in [0.29, 0.717) is 5.82 Å². The van der Waals surface area contributed by atoms with Gasteiger partial charge in [0.2, 0.25) is 5.91 Å². The summed E-state index contributed by atoms with van der Waals surface area (Å²) in [6, 6.07) is 1.59. The normalized spacial score (nSPS) is 19.5. The molecular weight excluding hydrogens is 182 g/mol. The maximum absolute atomic E-state index is 11.7. The Hall–Kier alpha value is -1.36. The van der Waals surface area contributed by atoms with Gasteiger partial charge in [0.1, 0.15) is 6.26 Å². The molecule has 1 aromatic rings. The average molecular weight is 195 g/mol. The lowest BCUT2D eigenvalue weighted by atomic mass is 9.98. The van der Waals surface area contributed by atoms with Gasteiger partial charge in [0.15, 0.2) is 5.82 Å². The van der Waals surface area contributed by atoms with Gasteiger partial charge in [-0.3, -0.25) is 4.79 Å². The Kier molecular flexibility index (Phi) is 2.25. The fourth-order valence-corrected chi connectivity index (χ4v) is 1.75. The van der Waals surface area contributed by atoms with Crippen LogP contribution in [-0.4, -0.2) is 16.6 Å². The highest BCUT2D eigenvalue weighted by atomic mass is 16.5. The summed E-state index contributed by atoms with van der Waals surface area (Å²) in [5, 5.41) is 6.23. The highest BCUT2D eigenvalue weighted by molar-refractivity contribution is 5.97. The fourth-order valence-electron chi connectivity index (χ4n) is 1.75. The average Bonchev–Trinajstić information content (AvgIpc) is 2.76. The summed E-state index contributed by atoms with van der Waals surface area (Å²) in [6.45, 7) is 0. The van der Waals surface area contributed by atoms with Crippen LogP contribution in [0.3, 0.4) is 0 Å². The van der Waals surface area contributed by atoms with E-state index in [0.717, 1.165) is 25.7 Å². The monoisotopic (exact) mass is 195 g/mol. The minimum absolute atomic E-state index is 0.163. The van der Waals surface area contributed by atoms with Gasteiger partial charge in [-0.05, 0) is 12.8 Å². The molecule has 5 heteroatoms. The molecule has 0 atom stereocenters. The number of amides is 1. The minimum Gasteiger partial charge on any atom is -0.363 e. The molecule has 0 aliphatic heterocycles. The van der Waals surface area contributed by atoms with E-state index in [4.69, 9.17) is 5.73 Å². The molecule has 0 spiro atoms. The number of rotatable bonds is 2. The Labute approximate surface area is 81.6 Å². The van der Waals surface area contributed by atoms with Crippen LogP contribution < -0.4 is 11.1 Å². The number of anilines is 1. The van der Waals surface area contributed by atoms with Crippen LogP contribution in [0, 0.1) is 0 Å². The van der Waals surface area contributed by atoms with Gasteiger partial charge in [-0.25, -0.2) is 0 Å². The molecule has 14 heavy (non-hydrogen) atoms. The van der Waals surface area contributed by atoms with Crippen molar-refractivity contribution in [2.24, 2.45) is 5.73 Å². The van der Waals surface area contributed by atoms with E-state index >= 15 is 0 Å². The van der Waals surface area contributed by atoms with Gasteiger partial charge in [-0.2, -0.15) is 0 Å². The van der Waals surface area contributed by atoms with Gasteiger partial charge in [0.05, 0.1) is 5.54 Å². The highest BCUT2D eigenvalue weighted by Gasteiger charge is 2.37. The molecule has 0 unspecified atom stereocenters. The van der Waals surface area contributed by atoms with Crippen molar-refractivity contribution in [1.29, 1.82) is 0 Å². The van der Waals surface area contributed by atoms with E-state index in [1.165, 1.54) is 6.26 Å². The molecular formula is C9H13N3O2. The largest absolute Gasteiger partial charge is 0.363 e. The van der Waals surface area contributed by atoms with Gasteiger partial charge in [-0.15, -0.1) is 0 Å². The molecule has 1 aliphatic carbocycles. The number of hydrogen-bond acceptors (Lipinski definition) is 4. The Morgan fingerprint density at radius 2 is 2.29 bits per heavy atom. The molecule has 1 amide bonds. The van der Waals surface area contributed by atoms with Crippen LogP contribution >= 0.6 is 0 Å². The van der Waals surface area contributed by atoms with Crippen LogP contribution in [0.5, 0.6) is 0 Å². The minimum atomic E-state index is -0.709. The van der Waals surface area contributed by atoms with E-state index < -0.39 is 5.54 Å². The van der Waals surface area contributed by atoms with Crippen LogP contribution in [0.1, 0.15) is 25.7 Å². The standard InChI is InChI=1S/C9H13N3O2/c10-9(4-1-2-5-9)8(13)11-7-3-6-14-12-7/h3,6H,1-2,4-5,10H2,(H,11,12,13). The van der Waals surface area contributed by atoms with Crippen molar-refractivity contribution in [3.05, 3.63) is 12.3 Å². The zero-order chi connectivity index (χ0) is 10.0. The second kappa shape index (κ2) is 3.42. The topological polar surface area (TPSA) is 81.2 Å².